The molecule has 1 atom stereocenters. The zero-order valence-corrected chi connectivity index (χ0v) is 16.4. The summed E-state index contributed by atoms with van der Waals surface area (Å²) in [4.78, 5) is 20.4. The number of hydrogen-bond acceptors (Lipinski definition) is 3. The van der Waals surface area contributed by atoms with Crippen molar-refractivity contribution in [3.05, 3.63) is 29.8 Å². The Kier molecular flexibility index (Phi) is 7.75. The molecule has 1 aromatic rings. The van der Waals surface area contributed by atoms with Crippen molar-refractivity contribution < 1.29 is 4.79 Å². The van der Waals surface area contributed by atoms with Gasteiger partial charge in [-0.05, 0) is 49.8 Å². The summed E-state index contributed by atoms with van der Waals surface area (Å²) in [6, 6.07) is 8.62. The van der Waals surface area contributed by atoms with Gasteiger partial charge in [-0.15, -0.1) is 0 Å². The first-order valence-electron chi connectivity index (χ1n) is 9.57. The monoisotopic (exact) mass is 359 g/mol. The molecular formula is C20H33N5O. The summed E-state index contributed by atoms with van der Waals surface area (Å²) < 4.78 is 0. The van der Waals surface area contributed by atoms with Crippen LogP contribution in [0.3, 0.4) is 0 Å². The van der Waals surface area contributed by atoms with Crippen LogP contribution >= 0.6 is 0 Å². The number of carbonyl (C=O) groups excluding carboxylic acids is 1. The van der Waals surface area contributed by atoms with Crippen LogP contribution < -0.4 is 16.0 Å². The number of benzene rings is 1. The smallest absolute Gasteiger partial charge is 0.217 e. The first kappa shape index (κ1) is 20.1. The molecule has 0 spiro atoms. The van der Waals surface area contributed by atoms with E-state index in [1.54, 1.807) is 0 Å². The predicted octanol–water partition coefficient (Wildman–Crippen LogP) is 1.85. The lowest BCUT2D eigenvalue weighted by molar-refractivity contribution is -0.119. The molecule has 6 heteroatoms. The molecule has 0 saturated carbocycles. The van der Waals surface area contributed by atoms with Crippen molar-refractivity contribution in [3.63, 3.8) is 0 Å². The van der Waals surface area contributed by atoms with Gasteiger partial charge in [-0.3, -0.25) is 9.79 Å². The molecule has 1 fully saturated rings. The van der Waals surface area contributed by atoms with E-state index in [2.05, 4.69) is 46.3 Å². The van der Waals surface area contributed by atoms with Crippen LogP contribution in [-0.2, 0) is 11.2 Å². The van der Waals surface area contributed by atoms with E-state index in [1.165, 1.54) is 11.3 Å². The summed E-state index contributed by atoms with van der Waals surface area (Å²) in [5, 5.41) is 3.39. The first-order chi connectivity index (χ1) is 12.5. The van der Waals surface area contributed by atoms with Crippen LogP contribution in [0, 0.1) is 5.92 Å². The quantitative estimate of drug-likeness (QED) is 0.576. The number of likely N-dealkylation sites (tertiary alicyclic amines) is 1. The number of hydrogen-bond donors (Lipinski definition) is 2. The third-order valence-electron chi connectivity index (χ3n) is 4.76. The average Bonchev–Trinajstić information content (AvgIpc) is 2.61. The molecule has 1 unspecified atom stereocenters. The normalized spacial score (nSPS) is 17.9. The third kappa shape index (κ3) is 6.24. The molecule has 1 saturated heterocycles. The van der Waals surface area contributed by atoms with E-state index in [0.29, 0.717) is 12.3 Å². The molecule has 1 heterocycles. The van der Waals surface area contributed by atoms with Crippen LogP contribution in [-0.4, -0.2) is 57.0 Å². The van der Waals surface area contributed by atoms with Gasteiger partial charge in [0.1, 0.15) is 0 Å². The summed E-state index contributed by atoms with van der Waals surface area (Å²) in [6.45, 7) is 5.51. The van der Waals surface area contributed by atoms with E-state index >= 15 is 0 Å². The number of carbonyl (C=O) groups is 1. The van der Waals surface area contributed by atoms with Gasteiger partial charge in [-0.1, -0.05) is 12.1 Å². The number of rotatable bonds is 7. The number of amides is 1. The van der Waals surface area contributed by atoms with Crippen molar-refractivity contribution >= 4 is 17.6 Å². The third-order valence-corrected chi connectivity index (χ3v) is 4.76. The summed E-state index contributed by atoms with van der Waals surface area (Å²) in [5.74, 6) is 1.08. The van der Waals surface area contributed by atoms with Crippen LogP contribution in [0.1, 0.15) is 31.7 Å². The van der Waals surface area contributed by atoms with Crippen molar-refractivity contribution in [3.8, 4) is 0 Å². The van der Waals surface area contributed by atoms with Crippen LogP contribution in [0.15, 0.2) is 29.3 Å². The van der Waals surface area contributed by atoms with Gasteiger partial charge >= 0.3 is 0 Å². The predicted molar refractivity (Wildman–Crippen MR) is 109 cm³/mol. The zero-order chi connectivity index (χ0) is 18.9. The molecule has 144 valence electrons. The van der Waals surface area contributed by atoms with E-state index in [0.717, 1.165) is 51.4 Å². The van der Waals surface area contributed by atoms with Gasteiger partial charge in [-0.2, -0.15) is 0 Å². The average molecular weight is 360 g/mol. The van der Waals surface area contributed by atoms with Gasteiger partial charge in [-0.25, -0.2) is 0 Å². The number of nitrogens with zero attached hydrogens (tertiary/aromatic N) is 3. The Morgan fingerprint density at radius 3 is 2.69 bits per heavy atom. The lowest BCUT2D eigenvalue weighted by Crippen LogP contribution is -2.47. The van der Waals surface area contributed by atoms with Crippen LogP contribution in [0.4, 0.5) is 5.69 Å². The fourth-order valence-corrected chi connectivity index (χ4v) is 3.39. The second-order valence-corrected chi connectivity index (χ2v) is 7.17. The number of piperidine rings is 1. The topological polar surface area (TPSA) is 74.0 Å². The minimum absolute atomic E-state index is 0.208. The number of primary amides is 1. The molecular weight excluding hydrogens is 326 g/mol. The summed E-state index contributed by atoms with van der Waals surface area (Å²) >= 11 is 0. The Labute approximate surface area is 157 Å². The fraction of sp³-hybridized carbons (Fsp3) is 0.600. The van der Waals surface area contributed by atoms with E-state index in [4.69, 9.17) is 10.7 Å². The maximum Gasteiger partial charge on any atom is 0.217 e. The Hall–Kier alpha value is -2.24. The first-order valence-corrected chi connectivity index (χ1v) is 9.57. The van der Waals surface area contributed by atoms with Crippen LogP contribution in [0.5, 0.6) is 0 Å². The van der Waals surface area contributed by atoms with Crippen molar-refractivity contribution in [1.29, 1.82) is 0 Å². The van der Waals surface area contributed by atoms with E-state index in [9.17, 15) is 4.79 Å². The summed E-state index contributed by atoms with van der Waals surface area (Å²) in [7, 11) is 4.10. The highest BCUT2D eigenvalue weighted by Crippen LogP contribution is 2.19. The SMILES string of the molecule is CCNC(=NCCc1ccc(N(C)C)cc1)N1CCCC(CC(N)=O)C1. The lowest BCUT2D eigenvalue weighted by Gasteiger charge is -2.34. The Bertz CT molecular complexity index is 597. The fourth-order valence-electron chi connectivity index (χ4n) is 3.39. The van der Waals surface area contributed by atoms with E-state index in [-0.39, 0.29) is 5.91 Å². The number of aliphatic imine (C=N–C) groups is 1. The standard InChI is InChI=1S/C20H33N5O/c1-4-22-20(25-13-5-6-17(15-25)14-19(21)26)23-12-11-16-7-9-18(10-8-16)24(2)3/h7-10,17H,4-6,11-15H2,1-3H3,(H2,21,26)(H,22,23). The highest BCUT2D eigenvalue weighted by Gasteiger charge is 2.23. The van der Waals surface area contributed by atoms with Crippen molar-refractivity contribution in [2.45, 2.75) is 32.6 Å². The minimum Gasteiger partial charge on any atom is -0.378 e. The van der Waals surface area contributed by atoms with Gasteiger partial charge in [0.05, 0.1) is 0 Å². The molecule has 1 aromatic carbocycles. The molecule has 26 heavy (non-hydrogen) atoms. The molecule has 1 amide bonds. The van der Waals surface area contributed by atoms with Crippen molar-refractivity contribution in [2.24, 2.45) is 16.6 Å². The zero-order valence-electron chi connectivity index (χ0n) is 16.4. The molecule has 1 aliphatic heterocycles. The highest BCUT2D eigenvalue weighted by atomic mass is 16.1. The second kappa shape index (κ2) is 10.0. The number of nitrogens with one attached hydrogen (secondary N) is 1. The van der Waals surface area contributed by atoms with Gasteiger partial charge in [0, 0.05) is 52.4 Å². The lowest BCUT2D eigenvalue weighted by atomic mass is 9.95. The molecule has 0 aliphatic carbocycles. The molecule has 6 nitrogen and oxygen atoms in total. The Balaban J connectivity index is 1.94. The molecule has 2 rings (SSSR count). The molecule has 0 radical (unpaired) electrons. The van der Waals surface area contributed by atoms with Crippen molar-refractivity contribution in [2.75, 3.05) is 45.2 Å². The van der Waals surface area contributed by atoms with Gasteiger partial charge in [0.15, 0.2) is 5.96 Å². The molecule has 3 N–H and O–H groups in total. The highest BCUT2D eigenvalue weighted by molar-refractivity contribution is 5.80. The number of nitrogens with two attached hydrogens (primary N) is 1. The van der Waals surface area contributed by atoms with Gasteiger partial charge in [0.25, 0.3) is 0 Å². The maximum absolute atomic E-state index is 11.2. The summed E-state index contributed by atoms with van der Waals surface area (Å²) in [5.41, 5.74) is 7.87. The Morgan fingerprint density at radius 1 is 1.35 bits per heavy atom. The molecule has 1 aliphatic rings. The maximum atomic E-state index is 11.2. The summed E-state index contributed by atoms with van der Waals surface area (Å²) in [6.07, 6.45) is 3.53. The minimum atomic E-state index is -0.208. The van der Waals surface area contributed by atoms with Crippen molar-refractivity contribution in [1.82, 2.24) is 10.2 Å². The number of guanidine groups is 1. The van der Waals surface area contributed by atoms with Gasteiger partial charge < -0.3 is 20.9 Å². The van der Waals surface area contributed by atoms with Gasteiger partial charge in [0.2, 0.25) is 5.91 Å². The largest absolute Gasteiger partial charge is 0.378 e. The second-order valence-electron chi connectivity index (χ2n) is 7.17. The van der Waals surface area contributed by atoms with Crippen LogP contribution in [0.2, 0.25) is 0 Å². The molecule has 0 bridgehead atoms. The number of anilines is 1. The van der Waals surface area contributed by atoms with E-state index < -0.39 is 0 Å². The van der Waals surface area contributed by atoms with Crippen LogP contribution in [0.25, 0.3) is 0 Å². The van der Waals surface area contributed by atoms with E-state index in [1.807, 2.05) is 14.1 Å². The Morgan fingerprint density at radius 2 is 2.08 bits per heavy atom. The molecule has 0 aromatic heterocycles.